The third-order valence-electron chi connectivity index (χ3n) is 4.41. The SMILES string of the molecule is CCNC(CC)c1ccc(OC2CC(C)CC(C)C2)cn1. The summed E-state index contributed by atoms with van der Waals surface area (Å²) in [5.74, 6) is 2.45. The summed E-state index contributed by atoms with van der Waals surface area (Å²) in [6, 6.07) is 4.52. The minimum atomic E-state index is 0.346. The molecule has 1 saturated carbocycles. The minimum Gasteiger partial charge on any atom is -0.489 e. The van der Waals surface area contributed by atoms with Gasteiger partial charge in [0.1, 0.15) is 5.75 Å². The molecular weight excluding hydrogens is 260 g/mol. The molecule has 21 heavy (non-hydrogen) atoms. The van der Waals surface area contributed by atoms with Gasteiger partial charge in [-0.25, -0.2) is 0 Å². The van der Waals surface area contributed by atoms with Gasteiger partial charge in [-0.2, -0.15) is 0 Å². The first-order chi connectivity index (χ1) is 10.1. The Hall–Kier alpha value is -1.09. The van der Waals surface area contributed by atoms with Crippen LogP contribution in [0.2, 0.25) is 0 Å². The van der Waals surface area contributed by atoms with Crippen molar-refractivity contribution in [2.24, 2.45) is 11.8 Å². The molecule has 1 heterocycles. The number of pyridine rings is 1. The van der Waals surface area contributed by atoms with Crippen LogP contribution in [0.1, 0.15) is 65.1 Å². The summed E-state index contributed by atoms with van der Waals surface area (Å²) in [5.41, 5.74) is 1.11. The molecule has 3 atom stereocenters. The van der Waals surface area contributed by atoms with Crippen molar-refractivity contribution in [3.8, 4) is 5.75 Å². The highest BCUT2D eigenvalue weighted by molar-refractivity contribution is 5.22. The van der Waals surface area contributed by atoms with Crippen LogP contribution in [-0.2, 0) is 0 Å². The van der Waals surface area contributed by atoms with E-state index >= 15 is 0 Å². The summed E-state index contributed by atoms with van der Waals surface area (Å²) >= 11 is 0. The molecule has 0 saturated heterocycles. The Balaban J connectivity index is 1.95. The number of aromatic nitrogens is 1. The Labute approximate surface area is 129 Å². The second kappa shape index (κ2) is 7.79. The molecule has 1 N–H and O–H groups in total. The van der Waals surface area contributed by atoms with Crippen molar-refractivity contribution in [3.63, 3.8) is 0 Å². The quantitative estimate of drug-likeness (QED) is 0.846. The van der Waals surface area contributed by atoms with Gasteiger partial charge in [0.25, 0.3) is 0 Å². The van der Waals surface area contributed by atoms with Crippen LogP contribution in [0.5, 0.6) is 5.75 Å². The standard InChI is InChI=1S/C18H30N2O/c1-5-17(19-6-2)18-8-7-15(12-20-18)21-16-10-13(3)9-14(4)11-16/h7-8,12-14,16-17,19H,5-6,9-11H2,1-4H3. The Kier molecular flexibility index (Phi) is 6.04. The van der Waals surface area contributed by atoms with E-state index in [0.29, 0.717) is 12.1 Å². The molecule has 2 rings (SSSR count). The third kappa shape index (κ3) is 4.70. The molecule has 1 aromatic rings. The Morgan fingerprint density at radius 1 is 1.19 bits per heavy atom. The Morgan fingerprint density at radius 2 is 1.90 bits per heavy atom. The summed E-state index contributed by atoms with van der Waals surface area (Å²) in [4.78, 5) is 4.58. The summed E-state index contributed by atoms with van der Waals surface area (Å²) in [5, 5.41) is 3.46. The average molecular weight is 290 g/mol. The van der Waals surface area contributed by atoms with Crippen molar-refractivity contribution in [2.45, 2.75) is 65.5 Å². The van der Waals surface area contributed by atoms with Gasteiger partial charge in [0.15, 0.2) is 0 Å². The van der Waals surface area contributed by atoms with E-state index in [4.69, 9.17) is 4.74 Å². The molecule has 0 spiro atoms. The van der Waals surface area contributed by atoms with Gasteiger partial charge in [-0.15, -0.1) is 0 Å². The van der Waals surface area contributed by atoms with Crippen LogP contribution < -0.4 is 10.1 Å². The zero-order chi connectivity index (χ0) is 15.2. The van der Waals surface area contributed by atoms with Crippen molar-refractivity contribution in [1.82, 2.24) is 10.3 Å². The van der Waals surface area contributed by atoms with Crippen molar-refractivity contribution < 1.29 is 4.74 Å². The van der Waals surface area contributed by atoms with E-state index in [1.807, 2.05) is 6.20 Å². The van der Waals surface area contributed by atoms with Crippen LogP contribution >= 0.6 is 0 Å². The summed E-state index contributed by atoms with van der Waals surface area (Å²) in [6.45, 7) is 9.94. The number of nitrogens with zero attached hydrogens (tertiary/aromatic N) is 1. The first-order valence-electron chi connectivity index (χ1n) is 8.48. The van der Waals surface area contributed by atoms with Crippen molar-refractivity contribution in [1.29, 1.82) is 0 Å². The fourth-order valence-electron chi connectivity index (χ4n) is 3.53. The molecule has 0 amide bonds. The maximum absolute atomic E-state index is 6.14. The maximum atomic E-state index is 6.14. The highest BCUT2D eigenvalue weighted by Crippen LogP contribution is 2.31. The topological polar surface area (TPSA) is 34.1 Å². The van der Waals surface area contributed by atoms with Gasteiger partial charge in [0.2, 0.25) is 0 Å². The van der Waals surface area contributed by atoms with Gasteiger partial charge in [0.05, 0.1) is 18.0 Å². The fraction of sp³-hybridized carbons (Fsp3) is 0.722. The molecule has 1 aliphatic carbocycles. The number of hydrogen-bond acceptors (Lipinski definition) is 3. The lowest BCUT2D eigenvalue weighted by molar-refractivity contribution is 0.101. The fourth-order valence-corrected chi connectivity index (χ4v) is 3.53. The normalized spacial score (nSPS) is 27.3. The highest BCUT2D eigenvalue weighted by atomic mass is 16.5. The Morgan fingerprint density at radius 3 is 2.43 bits per heavy atom. The van der Waals surface area contributed by atoms with Gasteiger partial charge < -0.3 is 10.1 Å². The zero-order valence-corrected chi connectivity index (χ0v) is 13.9. The molecular formula is C18H30N2O. The second-order valence-electron chi connectivity index (χ2n) is 6.59. The van der Waals surface area contributed by atoms with Crippen molar-refractivity contribution in [2.75, 3.05) is 6.54 Å². The van der Waals surface area contributed by atoms with E-state index in [9.17, 15) is 0 Å². The van der Waals surface area contributed by atoms with E-state index < -0.39 is 0 Å². The monoisotopic (exact) mass is 290 g/mol. The molecule has 1 aromatic heterocycles. The van der Waals surface area contributed by atoms with Crippen LogP contribution in [0.4, 0.5) is 0 Å². The molecule has 0 aromatic carbocycles. The third-order valence-corrected chi connectivity index (χ3v) is 4.41. The predicted molar refractivity (Wildman–Crippen MR) is 87.5 cm³/mol. The van der Waals surface area contributed by atoms with Gasteiger partial charge in [-0.05, 0) is 56.2 Å². The highest BCUT2D eigenvalue weighted by Gasteiger charge is 2.25. The van der Waals surface area contributed by atoms with Crippen molar-refractivity contribution in [3.05, 3.63) is 24.0 Å². The lowest BCUT2D eigenvalue weighted by Gasteiger charge is -2.31. The molecule has 3 unspecified atom stereocenters. The van der Waals surface area contributed by atoms with E-state index in [0.717, 1.165) is 36.2 Å². The molecule has 118 valence electrons. The lowest BCUT2D eigenvalue weighted by atomic mass is 9.82. The van der Waals surface area contributed by atoms with Gasteiger partial charge in [-0.1, -0.05) is 27.7 Å². The number of hydrogen-bond donors (Lipinski definition) is 1. The van der Waals surface area contributed by atoms with E-state index in [-0.39, 0.29) is 0 Å². The maximum Gasteiger partial charge on any atom is 0.138 e. The molecule has 1 aliphatic rings. The summed E-state index contributed by atoms with van der Waals surface area (Å²) in [7, 11) is 0. The van der Waals surface area contributed by atoms with Crippen molar-refractivity contribution >= 4 is 0 Å². The van der Waals surface area contributed by atoms with Crippen LogP contribution in [-0.4, -0.2) is 17.6 Å². The lowest BCUT2D eigenvalue weighted by Crippen LogP contribution is -2.28. The Bertz CT molecular complexity index is 408. The van der Waals surface area contributed by atoms with E-state index in [2.05, 4.69) is 50.1 Å². The van der Waals surface area contributed by atoms with E-state index in [1.54, 1.807) is 0 Å². The predicted octanol–water partition coefficient (Wildman–Crippen LogP) is 4.35. The van der Waals surface area contributed by atoms with E-state index in [1.165, 1.54) is 19.3 Å². The first-order valence-corrected chi connectivity index (χ1v) is 8.48. The molecule has 0 radical (unpaired) electrons. The van der Waals surface area contributed by atoms with Crippen LogP contribution in [0.15, 0.2) is 18.3 Å². The average Bonchev–Trinajstić information content (AvgIpc) is 2.45. The number of nitrogens with one attached hydrogen (secondary N) is 1. The van der Waals surface area contributed by atoms with Crippen LogP contribution in [0, 0.1) is 11.8 Å². The molecule has 3 nitrogen and oxygen atoms in total. The van der Waals surface area contributed by atoms with Gasteiger partial charge in [-0.3, -0.25) is 4.98 Å². The molecule has 1 fully saturated rings. The number of ether oxygens (including phenoxy) is 1. The minimum absolute atomic E-state index is 0.346. The van der Waals surface area contributed by atoms with Gasteiger partial charge in [0, 0.05) is 6.04 Å². The largest absolute Gasteiger partial charge is 0.489 e. The summed E-state index contributed by atoms with van der Waals surface area (Å²) in [6.07, 6.45) is 6.96. The smallest absolute Gasteiger partial charge is 0.138 e. The van der Waals surface area contributed by atoms with Crippen LogP contribution in [0.3, 0.4) is 0 Å². The zero-order valence-electron chi connectivity index (χ0n) is 13.9. The second-order valence-corrected chi connectivity index (χ2v) is 6.59. The summed E-state index contributed by atoms with van der Waals surface area (Å²) < 4.78 is 6.14. The molecule has 0 aliphatic heterocycles. The van der Waals surface area contributed by atoms with Gasteiger partial charge >= 0.3 is 0 Å². The number of rotatable bonds is 6. The molecule has 0 bridgehead atoms. The molecule has 3 heteroatoms. The van der Waals surface area contributed by atoms with Crippen LogP contribution in [0.25, 0.3) is 0 Å². The first kappa shape index (κ1) is 16.3.